The van der Waals surface area contributed by atoms with E-state index in [2.05, 4.69) is 14.9 Å². The van der Waals surface area contributed by atoms with Crippen molar-refractivity contribution >= 4 is 5.97 Å². The minimum atomic E-state index is -0.673. The number of hydrogen-bond donors (Lipinski definition) is 2. The van der Waals surface area contributed by atoms with Crippen LogP contribution in [0.25, 0.3) is 0 Å². The molecule has 0 radical (unpaired) electrons. The van der Waals surface area contributed by atoms with E-state index in [1.54, 1.807) is 6.33 Å². The predicted molar refractivity (Wildman–Crippen MR) is 72.2 cm³/mol. The number of aryl methyl sites for hydroxylation is 1. The lowest BCUT2D eigenvalue weighted by molar-refractivity contribution is -0.146. The molecule has 2 aliphatic heterocycles. The largest absolute Gasteiger partial charge is 0.481 e. The van der Waals surface area contributed by atoms with Gasteiger partial charge in [0.05, 0.1) is 17.9 Å². The maximum Gasteiger partial charge on any atom is 0.308 e. The molecule has 1 aromatic heterocycles. The van der Waals surface area contributed by atoms with Crippen LogP contribution in [0, 0.1) is 18.3 Å². The molecule has 110 valence electrons. The zero-order chi connectivity index (χ0) is 14.2. The highest BCUT2D eigenvalue weighted by molar-refractivity contribution is 5.72. The standard InChI is InChI=1S/C14H21N3O3/c1-10-12(16-9-15-10)7-17-6-11(13(18)19)14(8-17)2-4-20-5-3-14/h9,11H,2-8H2,1H3,(H,15,16)(H,18,19). The number of carboxylic acid groups (broad SMARTS) is 1. The number of nitrogens with zero attached hydrogens (tertiary/aromatic N) is 2. The van der Waals surface area contributed by atoms with Gasteiger partial charge in [-0.1, -0.05) is 0 Å². The first-order chi connectivity index (χ1) is 9.61. The lowest BCUT2D eigenvalue weighted by Gasteiger charge is -2.36. The van der Waals surface area contributed by atoms with E-state index in [0.29, 0.717) is 19.8 Å². The van der Waals surface area contributed by atoms with E-state index in [4.69, 9.17) is 4.74 Å². The van der Waals surface area contributed by atoms with Gasteiger partial charge in [0.1, 0.15) is 0 Å². The lowest BCUT2D eigenvalue weighted by Crippen LogP contribution is -2.40. The Morgan fingerprint density at radius 3 is 2.95 bits per heavy atom. The van der Waals surface area contributed by atoms with Crippen LogP contribution >= 0.6 is 0 Å². The number of hydrogen-bond acceptors (Lipinski definition) is 4. The number of carbonyl (C=O) groups is 1. The van der Waals surface area contributed by atoms with Crippen molar-refractivity contribution in [3.05, 3.63) is 17.7 Å². The Hall–Kier alpha value is -1.40. The summed E-state index contributed by atoms with van der Waals surface area (Å²) in [7, 11) is 0. The normalized spacial score (nSPS) is 26.1. The molecular formula is C14H21N3O3. The Bertz CT molecular complexity index is 494. The SMILES string of the molecule is Cc1[nH]cnc1CN1CC(C(=O)O)C2(CCOCC2)C1. The molecule has 1 spiro atoms. The van der Waals surface area contributed by atoms with Gasteiger partial charge in [-0.3, -0.25) is 9.69 Å². The average molecular weight is 279 g/mol. The number of ether oxygens (including phenoxy) is 1. The van der Waals surface area contributed by atoms with Gasteiger partial charge in [0.15, 0.2) is 0 Å². The van der Waals surface area contributed by atoms with E-state index in [9.17, 15) is 9.90 Å². The molecule has 6 heteroatoms. The van der Waals surface area contributed by atoms with Gasteiger partial charge < -0.3 is 14.8 Å². The summed E-state index contributed by atoms with van der Waals surface area (Å²) < 4.78 is 5.42. The van der Waals surface area contributed by atoms with Crippen LogP contribution in [0.2, 0.25) is 0 Å². The molecule has 0 aliphatic carbocycles. The second-order valence-electron chi connectivity index (χ2n) is 6.01. The van der Waals surface area contributed by atoms with Gasteiger partial charge in [0, 0.05) is 44.0 Å². The third-order valence-electron chi connectivity index (χ3n) is 4.81. The summed E-state index contributed by atoms with van der Waals surface area (Å²) in [6.07, 6.45) is 3.39. The topological polar surface area (TPSA) is 78.5 Å². The minimum Gasteiger partial charge on any atom is -0.481 e. The summed E-state index contributed by atoms with van der Waals surface area (Å²) >= 11 is 0. The average Bonchev–Trinajstić information content (AvgIpc) is 2.96. The highest BCUT2D eigenvalue weighted by Crippen LogP contribution is 2.44. The fourth-order valence-electron chi connectivity index (χ4n) is 3.58. The summed E-state index contributed by atoms with van der Waals surface area (Å²) in [5, 5.41) is 9.54. The number of aliphatic carboxylic acids is 1. The second kappa shape index (κ2) is 5.18. The molecule has 2 fully saturated rings. The summed E-state index contributed by atoms with van der Waals surface area (Å²) in [5.41, 5.74) is 1.96. The maximum absolute atomic E-state index is 11.6. The van der Waals surface area contributed by atoms with E-state index >= 15 is 0 Å². The Labute approximate surface area is 118 Å². The van der Waals surface area contributed by atoms with Crippen molar-refractivity contribution in [2.24, 2.45) is 11.3 Å². The monoisotopic (exact) mass is 279 g/mol. The van der Waals surface area contributed by atoms with Crippen molar-refractivity contribution in [3.8, 4) is 0 Å². The molecule has 3 rings (SSSR count). The van der Waals surface area contributed by atoms with Gasteiger partial charge in [-0.05, 0) is 19.8 Å². The Morgan fingerprint density at radius 2 is 2.35 bits per heavy atom. The molecule has 0 amide bonds. The van der Waals surface area contributed by atoms with Gasteiger partial charge in [-0.25, -0.2) is 4.98 Å². The zero-order valence-corrected chi connectivity index (χ0v) is 11.8. The van der Waals surface area contributed by atoms with Crippen molar-refractivity contribution in [2.75, 3.05) is 26.3 Å². The Morgan fingerprint density at radius 1 is 1.60 bits per heavy atom. The number of H-pyrrole nitrogens is 1. The predicted octanol–water partition coefficient (Wildman–Crippen LogP) is 1.03. The number of rotatable bonds is 3. The van der Waals surface area contributed by atoms with Crippen molar-refractivity contribution in [1.29, 1.82) is 0 Å². The van der Waals surface area contributed by atoms with E-state index < -0.39 is 5.97 Å². The second-order valence-corrected chi connectivity index (χ2v) is 6.01. The summed E-state index contributed by atoms with van der Waals surface area (Å²) in [6.45, 7) is 5.53. The minimum absolute atomic E-state index is 0.117. The van der Waals surface area contributed by atoms with E-state index in [1.807, 2.05) is 6.92 Å². The molecular weight excluding hydrogens is 258 g/mol. The Kier molecular flexibility index (Phi) is 3.52. The first-order valence-electron chi connectivity index (χ1n) is 7.12. The summed E-state index contributed by atoms with van der Waals surface area (Å²) in [5.74, 6) is -0.959. The molecule has 1 atom stereocenters. The fraction of sp³-hybridized carbons (Fsp3) is 0.714. The van der Waals surface area contributed by atoms with Crippen LogP contribution in [-0.2, 0) is 16.1 Å². The third kappa shape index (κ3) is 2.33. The van der Waals surface area contributed by atoms with Crippen molar-refractivity contribution in [2.45, 2.75) is 26.3 Å². The number of nitrogens with one attached hydrogen (secondary N) is 1. The summed E-state index contributed by atoms with van der Waals surface area (Å²) in [4.78, 5) is 21.2. The van der Waals surface area contributed by atoms with Gasteiger partial charge in [0.2, 0.25) is 0 Å². The van der Waals surface area contributed by atoms with Crippen molar-refractivity contribution < 1.29 is 14.6 Å². The highest BCUT2D eigenvalue weighted by atomic mass is 16.5. The van der Waals surface area contributed by atoms with Crippen LogP contribution in [0.1, 0.15) is 24.2 Å². The molecule has 2 aliphatic rings. The fourth-order valence-corrected chi connectivity index (χ4v) is 3.58. The smallest absolute Gasteiger partial charge is 0.308 e. The number of imidazole rings is 1. The van der Waals surface area contributed by atoms with Crippen LogP contribution in [0.15, 0.2) is 6.33 Å². The van der Waals surface area contributed by atoms with Crippen LogP contribution in [0.4, 0.5) is 0 Å². The number of aromatic nitrogens is 2. The van der Waals surface area contributed by atoms with E-state index in [1.165, 1.54) is 0 Å². The van der Waals surface area contributed by atoms with Gasteiger partial charge in [0.25, 0.3) is 0 Å². The van der Waals surface area contributed by atoms with E-state index in [0.717, 1.165) is 37.3 Å². The molecule has 3 heterocycles. The van der Waals surface area contributed by atoms with Crippen LogP contribution in [-0.4, -0.2) is 52.2 Å². The Balaban J connectivity index is 1.76. The van der Waals surface area contributed by atoms with Crippen molar-refractivity contribution in [3.63, 3.8) is 0 Å². The molecule has 2 N–H and O–H groups in total. The number of likely N-dealkylation sites (tertiary alicyclic amines) is 1. The summed E-state index contributed by atoms with van der Waals surface area (Å²) in [6, 6.07) is 0. The maximum atomic E-state index is 11.6. The molecule has 20 heavy (non-hydrogen) atoms. The van der Waals surface area contributed by atoms with Gasteiger partial charge in [-0.2, -0.15) is 0 Å². The van der Waals surface area contributed by atoms with Crippen LogP contribution in [0.3, 0.4) is 0 Å². The van der Waals surface area contributed by atoms with Gasteiger partial charge in [-0.15, -0.1) is 0 Å². The number of aromatic amines is 1. The molecule has 2 saturated heterocycles. The van der Waals surface area contributed by atoms with Crippen molar-refractivity contribution in [1.82, 2.24) is 14.9 Å². The van der Waals surface area contributed by atoms with Crippen LogP contribution in [0.5, 0.6) is 0 Å². The molecule has 0 saturated carbocycles. The molecule has 0 aromatic carbocycles. The van der Waals surface area contributed by atoms with E-state index in [-0.39, 0.29) is 11.3 Å². The van der Waals surface area contributed by atoms with Crippen LogP contribution < -0.4 is 0 Å². The zero-order valence-electron chi connectivity index (χ0n) is 11.8. The third-order valence-corrected chi connectivity index (χ3v) is 4.81. The first-order valence-corrected chi connectivity index (χ1v) is 7.12. The van der Waals surface area contributed by atoms with Gasteiger partial charge >= 0.3 is 5.97 Å². The first kappa shape index (κ1) is 13.6. The quantitative estimate of drug-likeness (QED) is 0.864. The highest BCUT2D eigenvalue weighted by Gasteiger charge is 2.50. The molecule has 6 nitrogen and oxygen atoms in total. The lowest BCUT2D eigenvalue weighted by atomic mass is 9.72. The number of carboxylic acids is 1. The molecule has 1 unspecified atom stereocenters. The molecule has 1 aromatic rings. The molecule has 0 bridgehead atoms.